The van der Waals surface area contributed by atoms with E-state index in [1.54, 1.807) is 0 Å². The summed E-state index contributed by atoms with van der Waals surface area (Å²) in [6.45, 7) is 7.89. The monoisotopic (exact) mass is 284 g/mol. The van der Waals surface area contributed by atoms with Crippen LogP contribution in [0.4, 0.5) is 0 Å². The van der Waals surface area contributed by atoms with Crippen molar-refractivity contribution < 1.29 is 14.7 Å². The highest BCUT2D eigenvalue weighted by molar-refractivity contribution is 5.76. The van der Waals surface area contributed by atoms with Crippen molar-refractivity contribution in [2.45, 2.75) is 65.5 Å². The van der Waals surface area contributed by atoms with Crippen molar-refractivity contribution in [3.05, 3.63) is 0 Å². The average molecular weight is 284 g/mol. The van der Waals surface area contributed by atoms with Crippen molar-refractivity contribution in [3.8, 4) is 0 Å². The van der Waals surface area contributed by atoms with Gasteiger partial charge < -0.3 is 16.2 Å². The topological polar surface area (TPSA) is 92.4 Å². The first-order chi connectivity index (χ1) is 9.16. The zero-order chi connectivity index (χ0) is 15.5. The normalized spacial score (nSPS) is 30.6. The van der Waals surface area contributed by atoms with Crippen molar-refractivity contribution in [2.75, 3.05) is 0 Å². The van der Waals surface area contributed by atoms with Gasteiger partial charge in [0.1, 0.15) is 0 Å². The van der Waals surface area contributed by atoms with Gasteiger partial charge in [-0.15, -0.1) is 0 Å². The third-order valence-corrected chi connectivity index (χ3v) is 4.91. The number of carbonyl (C=O) groups excluding carboxylic acids is 1. The van der Waals surface area contributed by atoms with Gasteiger partial charge in [0.15, 0.2) is 0 Å². The number of nitrogens with two attached hydrogens (primary N) is 1. The molecule has 1 aliphatic rings. The highest BCUT2D eigenvalue weighted by Gasteiger charge is 2.46. The van der Waals surface area contributed by atoms with Crippen LogP contribution in [0.25, 0.3) is 0 Å². The Balaban J connectivity index is 2.62. The molecule has 20 heavy (non-hydrogen) atoms. The summed E-state index contributed by atoms with van der Waals surface area (Å²) in [5.74, 6) is -0.918. The van der Waals surface area contributed by atoms with E-state index in [1.165, 1.54) is 0 Å². The smallest absolute Gasteiger partial charge is 0.307 e. The molecule has 4 N–H and O–H groups in total. The lowest BCUT2D eigenvalue weighted by Crippen LogP contribution is -2.52. The quantitative estimate of drug-likeness (QED) is 0.717. The van der Waals surface area contributed by atoms with Crippen LogP contribution < -0.4 is 11.1 Å². The minimum atomic E-state index is -0.733. The first kappa shape index (κ1) is 17.0. The number of carboxylic acid groups (broad SMARTS) is 1. The number of nitrogens with one attached hydrogen (secondary N) is 1. The van der Waals surface area contributed by atoms with Crippen molar-refractivity contribution in [1.29, 1.82) is 0 Å². The molecule has 1 fully saturated rings. The van der Waals surface area contributed by atoms with Crippen LogP contribution in [-0.4, -0.2) is 29.1 Å². The molecule has 1 saturated carbocycles. The summed E-state index contributed by atoms with van der Waals surface area (Å²) >= 11 is 0. The second kappa shape index (κ2) is 6.57. The minimum Gasteiger partial charge on any atom is -0.481 e. The third kappa shape index (κ3) is 3.95. The van der Waals surface area contributed by atoms with Crippen molar-refractivity contribution in [3.63, 3.8) is 0 Å². The first-order valence-electron chi connectivity index (χ1n) is 7.44. The Hall–Kier alpha value is -1.10. The van der Waals surface area contributed by atoms with E-state index in [0.717, 1.165) is 6.42 Å². The molecule has 0 bridgehead atoms. The summed E-state index contributed by atoms with van der Waals surface area (Å²) in [7, 11) is 0. The maximum absolute atomic E-state index is 11.9. The summed E-state index contributed by atoms with van der Waals surface area (Å²) in [6, 6.07) is 0.0820. The maximum Gasteiger partial charge on any atom is 0.307 e. The van der Waals surface area contributed by atoms with Gasteiger partial charge in [-0.1, -0.05) is 20.8 Å². The summed E-state index contributed by atoms with van der Waals surface area (Å²) in [5, 5.41) is 12.4. The van der Waals surface area contributed by atoms with Gasteiger partial charge >= 0.3 is 5.97 Å². The van der Waals surface area contributed by atoms with Crippen molar-refractivity contribution in [2.24, 2.45) is 23.0 Å². The molecule has 1 aliphatic carbocycles. The van der Waals surface area contributed by atoms with E-state index in [2.05, 4.69) is 5.32 Å². The molecule has 5 heteroatoms. The van der Waals surface area contributed by atoms with Gasteiger partial charge in [-0.2, -0.15) is 0 Å². The maximum atomic E-state index is 11.9. The molecular weight excluding hydrogens is 256 g/mol. The third-order valence-electron chi connectivity index (χ3n) is 4.91. The predicted octanol–water partition coefficient (Wildman–Crippen LogP) is 1.76. The van der Waals surface area contributed by atoms with E-state index in [-0.39, 0.29) is 35.2 Å². The fraction of sp³-hybridized carbons (Fsp3) is 0.867. The molecule has 4 unspecified atom stereocenters. The summed E-state index contributed by atoms with van der Waals surface area (Å²) < 4.78 is 0. The Morgan fingerprint density at radius 1 is 1.40 bits per heavy atom. The molecule has 0 aromatic heterocycles. The van der Waals surface area contributed by atoms with Gasteiger partial charge in [-0.25, -0.2) is 0 Å². The SMILES string of the molecule is CC(N)CCC(=O)NC1CCC(C(=O)O)C(C)(C)C1C. The van der Waals surface area contributed by atoms with E-state index >= 15 is 0 Å². The Morgan fingerprint density at radius 3 is 2.50 bits per heavy atom. The van der Waals surface area contributed by atoms with Gasteiger partial charge in [-0.05, 0) is 37.5 Å². The number of aliphatic carboxylic acids is 1. The average Bonchev–Trinajstić information content (AvgIpc) is 2.32. The van der Waals surface area contributed by atoms with Gasteiger partial charge in [0.2, 0.25) is 5.91 Å². The largest absolute Gasteiger partial charge is 0.481 e. The molecular formula is C15H28N2O3. The van der Waals surface area contributed by atoms with Gasteiger partial charge in [0.25, 0.3) is 0 Å². The molecule has 1 rings (SSSR count). The molecule has 0 aromatic rings. The number of hydrogen-bond acceptors (Lipinski definition) is 3. The highest BCUT2D eigenvalue weighted by Crippen LogP contribution is 2.45. The number of amides is 1. The first-order valence-corrected chi connectivity index (χ1v) is 7.44. The number of rotatable bonds is 5. The Labute approximate surface area is 121 Å². The Kier molecular flexibility index (Phi) is 5.57. The molecule has 0 aromatic carbocycles. The van der Waals surface area contributed by atoms with Crippen LogP contribution in [0.15, 0.2) is 0 Å². The van der Waals surface area contributed by atoms with Gasteiger partial charge in [0, 0.05) is 18.5 Å². The Morgan fingerprint density at radius 2 is 2.00 bits per heavy atom. The highest BCUT2D eigenvalue weighted by atomic mass is 16.4. The predicted molar refractivity (Wildman–Crippen MR) is 78.1 cm³/mol. The second-order valence-electron chi connectivity index (χ2n) is 6.77. The number of hydrogen-bond donors (Lipinski definition) is 3. The minimum absolute atomic E-state index is 0.0173. The molecule has 4 atom stereocenters. The molecule has 0 spiro atoms. The van der Waals surface area contributed by atoms with Gasteiger partial charge in [-0.3, -0.25) is 9.59 Å². The fourth-order valence-corrected chi connectivity index (χ4v) is 3.08. The summed E-state index contributed by atoms with van der Waals surface area (Å²) in [5.41, 5.74) is 5.33. The molecule has 0 radical (unpaired) electrons. The summed E-state index contributed by atoms with van der Waals surface area (Å²) in [6.07, 6.45) is 2.45. The van der Waals surface area contributed by atoms with Crippen molar-refractivity contribution >= 4 is 11.9 Å². The fourth-order valence-electron chi connectivity index (χ4n) is 3.08. The lowest BCUT2D eigenvalue weighted by molar-refractivity contribution is -0.150. The number of carbonyl (C=O) groups is 2. The zero-order valence-electron chi connectivity index (χ0n) is 13.0. The molecule has 0 aliphatic heterocycles. The summed E-state index contributed by atoms with van der Waals surface area (Å²) in [4.78, 5) is 23.2. The standard InChI is InChI=1S/C15H28N2O3/c1-9(16)5-8-13(18)17-12-7-6-11(14(19)20)15(3,4)10(12)2/h9-12H,5-8,16H2,1-4H3,(H,17,18)(H,19,20). The van der Waals surface area contributed by atoms with E-state index in [4.69, 9.17) is 5.73 Å². The zero-order valence-corrected chi connectivity index (χ0v) is 13.0. The molecule has 5 nitrogen and oxygen atoms in total. The second-order valence-corrected chi connectivity index (χ2v) is 6.77. The van der Waals surface area contributed by atoms with Crippen LogP contribution in [0.1, 0.15) is 53.4 Å². The number of carboxylic acids is 1. The van der Waals surface area contributed by atoms with Crippen LogP contribution in [0.3, 0.4) is 0 Å². The van der Waals surface area contributed by atoms with Gasteiger partial charge in [0.05, 0.1) is 5.92 Å². The van der Waals surface area contributed by atoms with Crippen LogP contribution in [0.5, 0.6) is 0 Å². The molecule has 0 saturated heterocycles. The van der Waals surface area contributed by atoms with Crippen LogP contribution in [-0.2, 0) is 9.59 Å². The molecule has 116 valence electrons. The van der Waals surface area contributed by atoms with E-state index in [0.29, 0.717) is 19.3 Å². The Bertz CT molecular complexity index is 366. The van der Waals surface area contributed by atoms with E-state index < -0.39 is 5.97 Å². The van der Waals surface area contributed by atoms with Crippen LogP contribution in [0, 0.1) is 17.3 Å². The lowest BCUT2D eigenvalue weighted by Gasteiger charge is -2.46. The van der Waals surface area contributed by atoms with Crippen LogP contribution in [0.2, 0.25) is 0 Å². The van der Waals surface area contributed by atoms with E-state index in [9.17, 15) is 14.7 Å². The lowest BCUT2D eigenvalue weighted by atomic mass is 9.61. The van der Waals surface area contributed by atoms with Crippen LogP contribution >= 0.6 is 0 Å². The van der Waals surface area contributed by atoms with Crippen molar-refractivity contribution in [1.82, 2.24) is 5.32 Å². The van der Waals surface area contributed by atoms with E-state index in [1.807, 2.05) is 27.7 Å². The molecule has 1 amide bonds. The molecule has 0 heterocycles.